The first-order valence-electron chi connectivity index (χ1n) is 6.58. The predicted molar refractivity (Wildman–Crippen MR) is 70.6 cm³/mol. The van der Waals surface area contributed by atoms with Crippen LogP contribution >= 0.6 is 0 Å². The highest BCUT2D eigenvalue weighted by Crippen LogP contribution is 2.27. The molecule has 0 aliphatic carbocycles. The van der Waals surface area contributed by atoms with Gasteiger partial charge in [-0.1, -0.05) is 25.5 Å². The number of rotatable bonds is 7. The van der Waals surface area contributed by atoms with Crippen LogP contribution in [0.2, 0.25) is 0 Å². The minimum Gasteiger partial charge on any atom is -0.490 e. The summed E-state index contributed by atoms with van der Waals surface area (Å²) < 4.78 is 16.3. The molecule has 0 saturated carbocycles. The second-order valence-electron chi connectivity index (χ2n) is 4.37. The summed E-state index contributed by atoms with van der Waals surface area (Å²) in [6.45, 7) is 3.61. The fourth-order valence-electron chi connectivity index (χ4n) is 1.72. The van der Waals surface area contributed by atoms with Gasteiger partial charge in [0.2, 0.25) is 0 Å². The van der Waals surface area contributed by atoms with E-state index in [2.05, 4.69) is 12.2 Å². The molecular weight excluding hydrogens is 246 g/mol. The number of hydrogen-bond acceptors (Lipinski definition) is 4. The number of cyclic esters (lactones) is 1. The number of alkyl carbamates (subject to hydrolysis) is 1. The summed E-state index contributed by atoms with van der Waals surface area (Å²) in [5.41, 5.74) is 0. The van der Waals surface area contributed by atoms with Gasteiger partial charge in [-0.05, 0) is 18.6 Å². The summed E-state index contributed by atoms with van der Waals surface area (Å²) in [5, 5.41) is 2.59. The summed E-state index contributed by atoms with van der Waals surface area (Å²) in [7, 11) is 0. The quantitative estimate of drug-likeness (QED) is 0.769. The second-order valence-corrected chi connectivity index (χ2v) is 4.37. The Morgan fingerprint density at radius 1 is 1.32 bits per heavy atom. The van der Waals surface area contributed by atoms with E-state index in [1.54, 1.807) is 0 Å². The second kappa shape index (κ2) is 6.87. The van der Waals surface area contributed by atoms with Crippen molar-refractivity contribution in [2.45, 2.75) is 25.9 Å². The van der Waals surface area contributed by atoms with Crippen LogP contribution in [0.1, 0.15) is 19.8 Å². The van der Waals surface area contributed by atoms with Crippen molar-refractivity contribution < 1.29 is 19.0 Å². The van der Waals surface area contributed by atoms with E-state index in [0.29, 0.717) is 25.5 Å². The Hall–Kier alpha value is -1.91. The maximum Gasteiger partial charge on any atom is 0.407 e. The summed E-state index contributed by atoms with van der Waals surface area (Å²) in [6, 6.07) is 7.53. The number of ether oxygens (including phenoxy) is 3. The number of benzene rings is 1. The van der Waals surface area contributed by atoms with Gasteiger partial charge >= 0.3 is 6.09 Å². The first kappa shape index (κ1) is 13.5. The molecule has 19 heavy (non-hydrogen) atoms. The van der Waals surface area contributed by atoms with Gasteiger partial charge in [0.25, 0.3) is 0 Å². The smallest absolute Gasteiger partial charge is 0.407 e. The zero-order valence-electron chi connectivity index (χ0n) is 11.1. The number of carbonyl (C=O) groups excluding carboxylic acids is 1. The van der Waals surface area contributed by atoms with E-state index < -0.39 is 0 Å². The monoisotopic (exact) mass is 265 g/mol. The average Bonchev–Trinajstić information content (AvgIpc) is 2.84. The van der Waals surface area contributed by atoms with Crippen LogP contribution in [0.4, 0.5) is 4.79 Å². The van der Waals surface area contributed by atoms with Gasteiger partial charge in [0.05, 0.1) is 13.2 Å². The Bertz CT molecular complexity index is 422. The standard InChI is InChI=1S/C14H19NO4/c1-2-3-8-17-12-6-4-5-7-13(12)18-10-11-9-15-14(16)19-11/h4-7,11H,2-3,8-10H2,1H3,(H,15,16)/t11-/m0/s1. The van der Waals surface area contributed by atoms with Gasteiger partial charge < -0.3 is 19.5 Å². The maximum absolute atomic E-state index is 10.9. The van der Waals surface area contributed by atoms with E-state index in [4.69, 9.17) is 14.2 Å². The van der Waals surface area contributed by atoms with Crippen LogP contribution in [0, 0.1) is 0 Å². The zero-order chi connectivity index (χ0) is 13.5. The lowest BCUT2D eigenvalue weighted by molar-refractivity contribution is 0.103. The molecule has 5 nitrogen and oxygen atoms in total. The highest BCUT2D eigenvalue weighted by atomic mass is 16.6. The van der Waals surface area contributed by atoms with E-state index >= 15 is 0 Å². The normalized spacial score (nSPS) is 17.7. The van der Waals surface area contributed by atoms with Gasteiger partial charge in [-0.15, -0.1) is 0 Å². The minimum absolute atomic E-state index is 0.240. The number of para-hydroxylation sites is 2. The lowest BCUT2D eigenvalue weighted by atomic mass is 10.3. The van der Waals surface area contributed by atoms with Crippen LogP contribution in [-0.4, -0.2) is 32.0 Å². The van der Waals surface area contributed by atoms with Crippen molar-refractivity contribution in [3.8, 4) is 11.5 Å². The largest absolute Gasteiger partial charge is 0.490 e. The van der Waals surface area contributed by atoms with Gasteiger partial charge in [0.15, 0.2) is 17.6 Å². The Labute approximate surface area is 112 Å². The first-order chi connectivity index (χ1) is 9.29. The fourth-order valence-corrected chi connectivity index (χ4v) is 1.72. The van der Waals surface area contributed by atoms with Gasteiger partial charge in [0.1, 0.15) is 6.61 Å². The molecule has 1 atom stereocenters. The number of nitrogens with one attached hydrogen (secondary N) is 1. The SMILES string of the molecule is CCCCOc1ccccc1OC[C@@H]1CNC(=O)O1. The van der Waals surface area contributed by atoms with Crippen LogP contribution in [0.3, 0.4) is 0 Å². The van der Waals surface area contributed by atoms with Crippen LogP contribution in [-0.2, 0) is 4.74 Å². The Morgan fingerprint density at radius 2 is 2.05 bits per heavy atom. The molecular formula is C14H19NO4. The third-order valence-electron chi connectivity index (χ3n) is 2.78. The number of amides is 1. The summed E-state index contributed by atoms with van der Waals surface area (Å²) in [4.78, 5) is 10.9. The van der Waals surface area contributed by atoms with Crippen molar-refractivity contribution >= 4 is 6.09 Å². The fraction of sp³-hybridized carbons (Fsp3) is 0.500. The molecule has 0 radical (unpaired) electrons. The maximum atomic E-state index is 10.9. The highest BCUT2D eigenvalue weighted by molar-refractivity contribution is 5.69. The Morgan fingerprint density at radius 3 is 2.68 bits per heavy atom. The van der Waals surface area contributed by atoms with Gasteiger partial charge in [0, 0.05) is 0 Å². The molecule has 0 spiro atoms. The molecule has 1 aliphatic rings. The zero-order valence-corrected chi connectivity index (χ0v) is 11.1. The molecule has 0 unspecified atom stereocenters. The molecule has 1 aliphatic heterocycles. The van der Waals surface area contributed by atoms with Crippen LogP contribution < -0.4 is 14.8 Å². The molecule has 1 saturated heterocycles. The van der Waals surface area contributed by atoms with Crippen LogP contribution in [0.25, 0.3) is 0 Å². The van der Waals surface area contributed by atoms with Crippen molar-refractivity contribution in [1.82, 2.24) is 5.32 Å². The topological polar surface area (TPSA) is 56.8 Å². The molecule has 104 valence electrons. The third kappa shape index (κ3) is 4.05. The van der Waals surface area contributed by atoms with E-state index in [0.717, 1.165) is 18.6 Å². The van der Waals surface area contributed by atoms with Crippen LogP contribution in [0.5, 0.6) is 11.5 Å². The molecule has 1 aromatic rings. The molecule has 0 bridgehead atoms. The Balaban J connectivity index is 1.86. The summed E-state index contributed by atoms with van der Waals surface area (Å²) >= 11 is 0. The highest BCUT2D eigenvalue weighted by Gasteiger charge is 2.23. The van der Waals surface area contributed by atoms with Crippen molar-refractivity contribution in [2.24, 2.45) is 0 Å². The van der Waals surface area contributed by atoms with Gasteiger partial charge in [-0.3, -0.25) is 0 Å². The molecule has 5 heteroatoms. The summed E-state index contributed by atoms with van der Waals surface area (Å²) in [6.07, 6.45) is 1.47. The average molecular weight is 265 g/mol. The van der Waals surface area contributed by atoms with E-state index in [-0.39, 0.29) is 12.2 Å². The molecule has 1 fully saturated rings. The molecule has 1 N–H and O–H groups in total. The van der Waals surface area contributed by atoms with Gasteiger partial charge in [-0.25, -0.2) is 4.79 Å². The van der Waals surface area contributed by atoms with Crippen molar-refractivity contribution in [3.63, 3.8) is 0 Å². The number of carbonyl (C=O) groups is 1. The van der Waals surface area contributed by atoms with Crippen molar-refractivity contribution in [3.05, 3.63) is 24.3 Å². The minimum atomic E-state index is -0.388. The molecule has 0 aromatic heterocycles. The lowest BCUT2D eigenvalue weighted by Gasteiger charge is -2.14. The van der Waals surface area contributed by atoms with E-state index in [1.807, 2.05) is 24.3 Å². The van der Waals surface area contributed by atoms with E-state index in [1.165, 1.54) is 0 Å². The molecule has 1 heterocycles. The van der Waals surface area contributed by atoms with Crippen molar-refractivity contribution in [2.75, 3.05) is 19.8 Å². The third-order valence-corrected chi connectivity index (χ3v) is 2.78. The molecule has 1 amide bonds. The first-order valence-corrected chi connectivity index (χ1v) is 6.58. The number of hydrogen-bond donors (Lipinski definition) is 1. The predicted octanol–water partition coefficient (Wildman–Crippen LogP) is 2.35. The van der Waals surface area contributed by atoms with Crippen molar-refractivity contribution in [1.29, 1.82) is 0 Å². The number of unbranched alkanes of at least 4 members (excludes halogenated alkanes) is 1. The van der Waals surface area contributed by atoms with E-state index in [9.17, 15) is 4.79 Å². The van der Waals surface area contributed by atoms with Gasteiger partial charge in [-0.2, -0.15) is 0 Å². The molecule has 1 aromatic carbocycles. The van der Waals surface area contributed by atoms with Crippen LogP contribution in [0.15, 0.2) is 24.3 Å². The molecule has 2 rings (SSSR count). The lowest BCUT2D eigenvalue weighted by Crippen LogP contribution is -2.22. The Kier molecular flexibility index (Phi) is 4.89. The summed E-state index contributed by atoms with van der Waals surface area (Å²) in [5.74, 6) is 1.41.